The number of fused-ring (bicyclic) bond motifs is 2. The number of aromatic nitrogens is 1. The van der Waals surface area contributed by atoms with Crippen molar-refractivity contribution in [2.24, 2.45) is 18.9 Å². The van der Waals surface area contributed by atoms with Crippen LogP contribution < -0.4 is 0 Å². The molecule has 1 saturated heterocycles. The minimum atomic E-state index is 0.0702. The molecule has 1 aliphatic carbocycles. The molecule has 1 fully saturated rings. The summed E-state index contributed by atoms with van der Waals surface area (Å²) in [7, 11) is 4.28. The highest BCUT2D eigenvalue weighted by molar-refractivity contribution is 9.10. The van der Waals surface area contributed by atoms with Crippen LogP contribution in [0.2, 0.25) is 0 Å². The van der Waals surface area contributed by atoms with Crippen LogP contribution in [0.3, 0.4) is 0 Å². The van der Waals surface area contributed by atoms with Gasteiger partial charge in [0.05, 0.1) is 4.60 Å². The Bertz CT molecular complexity index is 871. The number of aliphatic hydroxyl groups excluding tert-OH is 1. The van der Waals surface area contributed by atoms with E-state index in [2.05, 4.69) is 57.7 Å². The number of likely N-dealkylation sites (tertiary alicyclic amines) is 1. The maximum atomic E-state index is 12.9. The largest absolute Gasteiger partial charge is 0.396 e. The number of carbonyl (C=O) groups is 1. The minimum Gasteiger partial charge on any atom is -0.396 e. The smallest absolute Gasteiger partial charge is 0.137 e. The summed E-state index contributed by atoms with van der Waals surface area (Å²) in [6.45, 7) is 2.99. The molecule has 5 heteroatoms. The van der Waals surface area contributed by atoms with Crippen molar-refractivity contribution < 1.29 is 9.90 Å². The van der Waals surface area contributed by atoms with Gasteiger partial charge in [0.15, 0.2) is 0 Å². The van der Waals surface area contributed by atoms with Gasteiger partial charge in [-0.2, -0.15) is 0 Å². The van der Waals surface area contributed by atoms with Gasteiger partial charge in [-0.05, 0) is 58.9 Å². The average molecular weight is 433 g/mol. The number of aliphatic hydroxyl groups is 1. The predicted molar refractivity (Wildman–Crippen MR) is 112 cm³/mol. The molecule has 0 saturated carbocycles. The first-order valence-corrected chi connectivity index (χ1v) is 10.8. The first kappa shape index (κ1) is 19.2. The Morgan fingerprint density at radius 1 is 1.37 bits per heavy atom. The number of ketones is 1. The lowest BCUT2D eigenvalue weighted by molar-refractivity contribution is -0.126. The molecule has 0 radical (unpaired) electrons. The molecule has 0 spiro atoms. The Morgan fingerprint density at radius 3 is 2.85 bits per heavy atom. The fourth-order valence-corrected chi connectivity index (χ4v) is 5.82. The highest BCUT2D eigenvalue weighted by Crippen LogP contribution is 2.47. The van der Waals surface area contributed by atoms with E-state index in [1.807, 2.05) is 6.92 Å². The number of piperidine rings is 1. The zero-order chi connectivity index (χ0) is 19.3. The monoisotopic (exact) mass is 432 g/mol. The second kappa shape index (κ2) is 7.34. The van der Waals surface area contributed by atoms with Crippen molar-refractivity contribution in [3.8, 4) is 0 Å². The number of hydrogen-bond acceptors (Lipinski definition) is 3. The van der Waals surface area contributed by atoms with Crippen molar-refractivity contribution in [2.75, 3.05) is 20.2 Å². The molecule has 4 atom stereocenters. The zero-order valence-electron chi connectivity index (χ0n) is 16.4. The Hall–Kier alpha value is -1.17. The molecule has 4 nitrogen and oxygen atoms in total. The van der Waals surface area contributed by atoms with Crippen molar-refractivity contribution in [3.05, 3.63) is 33.9 Å². The quantitative estimate of drug-likeness (QED) is 0.779. The first-order chi connectivity index (χ1) is 13.0. The molecule has 0 amide bonds. The van der Waals surface area contributed by atoms with Crippen molar-refractivity contribution in [2.45, 2.75) is 44.6 Å². The highest BCUT2D eigenvalue weighted by atomic mass is 79.9. The number of rotatable bonds is 5. The molecule has 0 bridgehead atoms. The second-order valence-electron chi connectivity index (χ2n) is 8.45. The van der Waals surface area contributed by atoms with Crippen LogP contribution in [0.1, 0.15) is 43.2 Å². The van der Waals surface area contributed by atoms with Gasteiger partial charge < -0.3 is 14.6 Å². The summed E-state index contributed by atoms with van der Waals surface area (Å²) in [6, 6.07) is 7.06. The van der Waals surface area contributed by atoms with Crippen LogP contribution in [0.5, 0.6) is 0 Å². The lowest BCUT2D eigenvalue weighted by atomic mass is 9.71. The molecule has 4 rings (SSSR count). The van der Waals surface area contributed by atoms with Gasteiger partial charge in [-0.15, -0.1) is 0 Å². The van der Waals surface area contributed by atoms with E-state index in [4.69, 9.17) is 0 Å². The van der Waals surface area contributed by atoms with Crippen LogP contribution in [-0.2, 0) is 18.3 Å². The first-order valence-electron chi connectivity index (χ1n) is 10.1. The van der Waals surface area contributed by atoms with E-state index >= 15 is 0 Å². The zero-order valence-corrected chi connectivity index (χ0v) is 18.0. The van der Waals surface area contributed by atoms with E-state index < -0.39 is 0 Å². The van der Waals surface area contributed by atoms with E-state index in [1.54, 1.807) is 0 Å². The normalized spacial score (nSPS) is 26.2. The summed E-state index contributed by atoms with van der Waals surface area (Å²) >= 11 is 3.80. The Morgan fingerprint density at radius 2 is 2.15 bits per heavy atom. The summed E-state index contributed by atoms with van der Waals surface area (Å²) < 4.78 is 3.42. The number of benzene rings is 1. The molecule has 1 aromatic heterocycles. The minimum absolute atomic E-state index is 0.0702. The molecule has 1 aromatic carbocycles. The van der Waals surface area contributed by atoms with E-state index in [-0.39, 0.29) is 18.4 Å². The average Bonchev–Trinajstić information content (AvgIpc) is 2.92. The molecular formula is C22H29BrN2O2. The van der Waals surface area contributed by atoms with E-state index in [1.165, 1.54) is 26.6 Å². The summed E-state index contributed by atoms with van der Waals surface area (Å²) in [5.41, 5.74) is 4.08. The predicted octanol–water partition coefficient (Wildman–Crippen LogP) is 3.88. The van der Waals surface area contributed by atoms with Gasteiger partial charge in [-0.1, -0.05) is 25.5 Å². The lowest BCUT2D eigenvalue weighted by Crippen LogP contribution is -2.49. The maximum absolute atomic E-state index is 12.9. The molecule has 27 heavy (non-hydrogen) atoms. The van der Waals surface area contributed by atoms with Crippen LogP contribution in [0.4, 0.5) is 0 Å². The van der Waals surface area contributed by atoms with Crippen LogP contribution in [0, 0.1) is 11.8 Å². The summed E-state index contributed by atoms with van der Waals surface area (Å²) in [4.78, 5) is 15.3. The second-order valence-corrected chi connectivity index (χ2v) is 9.20. The number of halogens is 1. The fourth-order valence-electron chi connectivity index (χ4n) is 5.26. The van der Waals surface area contributed by atoms with Gasteiger partial charge in [-0.25, -0.2) is 0 Å². The number of likely N-dealkylation sites (N-methyl/N-ethyl adjacent to an activating group) is 1. The molecule has 146 valence electrons. The van der Waals surface area contributed by atoms with Crippen molar-refractivity contribution in [1.29, 1.82) is 0 Å². The SMILES string of the molecule is CCC(CO)CC(=O)C1CC2c3cccc4c3c(c(Br)n4C)C[C@H]2N(C)C1. The van der Waals surface area contributed by atoms with Crippen molar-refractivity contribution >= 4 is 32.6 Å². The molecular weight excluding hydrogens is 404 g/mol. The van der Waals surface area contributed by atoms with E-state index in [9.17, 15) is 9.90 Å². The van der Waals surface area contributed by atoms with Crippen LogP contribution in [-0.4, -0.2) is 46.6 Å². The third-order valence-electron chi connectivity index (χ3n) is 6.95. The molecule has 1 N–H and O–H groups in total. The van der Waals surface area contributed by atoms with Crippen LogP contribution in [0.15, 0.2) is 22.8 Å². The molecule has 2 heterocycles. The summed E-state index contributed by atoms with van der Waals surface area (Å²) in [5.74, 6) is 0.902. The molecule has 2 aliphatic rings. The van der Waals surface area contributed by atoms with Crippen LogP contribution in [0.25, 0.3) is 10.9 Å². The molecule has 1 aliphatic heterocycles. The number of nitrogens with zero attached hydrogens (tertiary/aromatic N) is 2. The molecule has 3 unspecified atom stereocenters. The summed E-state index contributed by atoms with van der Waals surface area (Å²) in [6.07, 6.45) is 3.33. The van der Waals surface area contributed by atoms with Gasteiger partial charge in [0.2, 0.25) is 0 Å². The number of aryl methyl sites for hydroxylation is 1. The van der Waals surface area contributed by atoms with E-state index in [0.29, 0.717) is 24.2 Å². The Balaban J connectivity index is 1.68. The van der Waals surface area contributed by atoms with E-state index in [0.717, 1.165) is 25.8 Å². The van der Waals surface area contributed by atoms with Gasteiger partial charge in [0.1, 0.15) is 5.78 Å². The van der Waals surface area contributed by atoms with Gasteiger partial charge in [-0.3, -0.25) is 4.79 Å². The van der Waals surface area contributed by atoms with Gasteiger partial charge >= 0.3 is 0 Å². The Labute approximate surface area is 169 Å². The molecule has 2 aromatic rings. The lowest BCUT2D eigenvalue weighted by Gasteiger charge is -2.45. The number of hydrogen-bond donors (Lipinski definition) is 1. The van der Waals surface area contributed by atoms with Crippen molar-refractivity contribution in [3.63, 3.8) is 0 Å². The number of carbonyl (C=O) groups excluding carboxylic acids is 1. The maximum Gasteiger partial charge on any atom is 0.137 e. The Kier molecular flexibility index (Phi) is 5.21. The van der Waals surface area contributed by atoms with Gasteiger partial charge in [0, 0.05) is 55.4 Å². The van der Waals surface area contributed by atoms with Crippen LogP contribution >= 0.6 is 15.9 Å². The topological polar surface area (TPSA) is 45.5 Å². The third-order valence-corrected chi connectivity index (χ3v) is 7.96. The standard InChI is InChI=1S/C22H29BrN2O2/c1-4-13(12-26)8-20(27)14-9-16-15-6-5-7-18-21(15)17(22(23)25(18)3)10-19(16)24(2)11-14/h5-7,13-14,16,19,26H,4,8-12H2,1-3H3/t13?,14?,16?,19-/m1/s1. The van der Waals surface area contributed by atoms with Gasteiger partial charge in [0.25, 0.3) is 0 Å². The van der Waals surface area contributed by atoms with Crippen molar-refractivity contribution in [1.82, 2.24) is 9.47 Å². The highest BCUT2D eigenvalue weighted by Gasteiger charge is 2.42. The fraction of sp³-hybridized carbons (Fsp3) is 0.591. The third kappa shape index (κ3) is 3.08. The summed E-state index contributed by atoms with van der Waals surface area (Å²) in [5, 5.41) is 10.9. The number of Topliss-reactive ketones (excluding diaryl/α,β-unsaturated/α-hetero) is 1.